The number of carboxylic acids is 1. The van der Waals surface area contributed by atoms with E-state index in [2.05, 4.69) is 77.4 Å². The van der Waals surface area contributed by atoms with Gasteiger partial charge in [-0.3, -0.25) is 34.2 Å². The molecule has 338 valence electrons. The standard InChI is InChI=1S/C40H53N13O8S2/c41-26(19-62)34(55)47-18-33(54)49-31(15-24-17-44-21-48-24)38(59)51-29(13-22-7-2-1-3-8-22)36(57)50-28(11-6-12-45-40(42)43)35(56)52-30(37(58)53-32(20-63)39(60)61)14-23-16-46-27-10-5-4-9-25(23)27/h1-5,7-10,16-17,21,26,28-32,46,62-63H,6,11-15,18-20,41H2,(H,44,48)(H,47,55)(H,49,54)(H,50,57)(H,51,59)(H,52,56)(H,53,58)(H,60,61)(H4,42,43,45)/t26-,28-,29+,30-,31-,32-/m0/s1. The van der Waals surface area contributed by atoms with E-state index in [0.29, 0.717) is 16.8 Å². The number of amides is 6. The van der Waals surface area contributed by atoms with Gasteiger partial charge in [0.15, 0.2) is 5.96 Å². The molecule has 63 heavy (non-hydrogen) atoms. The number of aromatic amines is 2. The summed E-state index contributed by atoms with van der Waals surface area (Å²) in [7, 11) is 0. The van der Waals surface area contributed by atoms with Crippen LogP contribution < -0.4 is 48.7 Å². The molecule has 2 heterocycles. The average Bonchev–Trinajstić information content (AvgIpc) is 3.94. The molecule has 4 aromatic rings. The van der Waals surface area contributed by atoms with Crippen LogP contribution in [0, 0.1) is 5.41 Å². The highest BCUT2D eigenvalue weighted by molar-refractivity contribution is 7.80. The molecule has 0 aliphatic rings. The van der Waals surface area contributed by atoms with Crippen LogP contribution in [0.1, 0.15) is 29.7 Å². The van der Waals surface area contributed by atoms with Gasteiger partial charge in [-0.15, -0.1) is 0 Å². The molecule has 0 fully saturated rings. The largest absolute Gasteiger partial charge is 0.480 e. The molecular formula is C40H53N13O8S2. The molecule has 0 aliphatic carbocycles. The van der Waals surface area contributed by atoms with E-state index in [9.17, 15) is 38.7 Å². The van der Waals surface area contributed by atoms with Crippen molar-refractivity contribution in [2.24, 2.45) is 11.5 Å². The van der Waals surface area contributed by atoms with Crippen molar-refractivity contribution in [3.8, 4) is 0 Å². The van der Waals surface area contributed by atoms with Crippen LogP contribution in [-0.2, 0) is 52.8 Å². The number of imidazole rings is 1. The van der Waals surface area contributed by atoms with Crippen molar-refractivity contribution in [2.45, 2.75) is 68.4 Å². The van der Waals surface area contributed by atoms with Crippen molar-refractivity contribution in [3.63, 3.8) is 0 Å². The number of benzene rings is 2. The summed E-state index contributed by atoms with van der Waals surface area (Å²) in [5, 5.41) is 36.1. The average molecular weight is 908 g/mol. The number of fused-ring (bicyclic) bond motifs is 1. The molecule has 15 N–H and O–H groups in total. The maximum atomic E-state index is 14.3. The zero-order valence-corrected chi connectivity index (χ0v) is 35.8. The van der Waals surface area contributed by atoms with Crippen LogP contribution in [0.25, 0.3) is 10.9 Å². The Hall–Kier alpha value is -6.59. The summed E-state index contributed by atoms with van der Waals surface area (Å²) in [4.78, 5) is 103. The normalized spacial score (nSPS) is 13.8. The van der Waals surface area contributed by atoms with E-state index >= 15 is 0 Å². The monoisotopic (exact) mass is 907 g/mol. The highest BCUT2D eigenvalue weighted by atomic mass is 32.1. The Morgan fingerprint density at radius 1 is 0.714 bits per heavy atom. The van der Waals surface area contributed by atoms with E-state index in [-0.39, 0.29) is 56.1 Å². The van der Waals surface area contributed by atoms with Gasteiger partial charge in [0, 0.05) is 60.6 Å². The van der Waals surface area contributed by atoms with Crippen molar-refractivity contribution in [2.75, 3.05) is 24.6 Å². The number of nitrogens with one attached hydrogen (secondary N) is 10. The van der Waals surface area contributed by atoms with Gasteiger partial charge in [-0.25, -0.2) is 9.78 Å². The second-order valence-corrected chi connectivity index (χ2v) is 15.1. The van der Waals surface area contributed by atoms with Crippen LogP contribution in [0.4, 0.5) is 0 Å². The fourth-order valence-corrected chi connectivity index (χ4v) is 6.72. The molecule has 0 radical (unpaired) electrons. The first-order valence-electron chi connectivity index (χ1n) is 19.8. The number of para-hydroxylation sites is 1. The topological polar surface area (TPSA) is 344 Å². The minimum Gasteiger partial charge on any atom is -0.480 e. The second kappa shape index (κ2) is 24.8. The van der Waals surface area contributed by atoms with Crippen molar-refractivity contribution < 1.29 is 38.7 Å². The highest BCUT2D eigenvalue weighted by Crippen LogP contribution is 2.19. The maximum Gasteiger partial charge on any atom is 0.327 e. The minimum atomic E-state index is -1.38. The van der Waals surface area contributed by atoms with E-state index in [1.807, 2.05) is 18.2 Å². The Bertz CT molecular complexity index is 2190. The number of hydrogen-bond acceptors (Lipinski definition) is 12. The number of hydrogen-bond donors (Lipinski definition) is 15. The Balaban J connectivity index is 1.62. The van der Waals surface area contributed by atoms with Gasteiger partial charge in [0.05, 0.1) is 24.6 Å². The Morgan fingerprint density at radius 2 is 1.32 bits per heavy atom. The Labute approximate surface area is 373 Å². The molecule has 0 saturated heterocycles. The second-order valence-electron chi connectivity index (χ2n) is 14.4. The lowest BCUT2D eigenvalue weighted by molar-refractivity contribution is -0.141. The predicted octanol–water partition coefficient (Wildman–Crippen LogP) is -2.01. The number of carbonyl (C=O) groups excluding carboxylic acids is 6. The van der Waals surface area contributed by atoms with E-state index in [1.54, 1.807) is 42.6 Å². The molecular weight excluding hydrogens is 855 g/mol. The van der Waals surface area contributed by atoms with Crippen LogP contribution in [0.5, 0.6) is 0 Å². The van der Waals surface area contributed by atoms with E-state index in [1.165, 1.54) is 12.5 Å². The first-order chi connectivity index (χ1) is 30.2. The maximum absolute atomic E-state index is 14.3. The number of carboxylic acid groups (broad SMARTS) is 1. The summed E-state index contributed by atoms with van der Waals surface area (Å²) < 4.78 is 0. The summed E-state index contributed by atoms with van der Waals surface area (Å²) >= 11 is 8.04. The Kier molecular flexibility index (Phi) is 19.3. The summed E-state index contributed by atoms with van der Waals surface area (Å²) in [5.41, 5.74) is 13.6. The van der Waals surface area contributed by atoms with Crippen LogP contribution >= 0.6 is 25.3 Å². The van der Waals surface area contributed by atoms with Gasteiger partial charge in [0.1, 0.15) is 30.2 Å². The molecule has 4 rings (SSSR count). The number of aliphatic carboxylic acids is 1. The minimum absolute atomic E-state index is 0.0326. The van der Waals surface area contributed by atoms with Gasteiger partial charge >= 0.3 is 5.97 Å². The lowest BCUT2D eigenvalue weighted by Crippen LogP contribution is -2.60. The molecule has 21 nitrogen and oxygen atoms in total. The number of aromatic nitrogens is 3. The number of H-pyrrole nitrogens is 2. The van der Waals surface area contributed by atoms with E-state index < -0.39 is 84.2 Å². The fourth-order valence-electron chi connectivity index (χ4n) is 6.31. The van der Waals surface area contributed by atoms with Crippen LogP contribution in [0.15, 0.2) is 73.3 Å². The number of nitrogens with zero attached hydrogens (tertiary/aromatic N) is 1. The first-order valence-corrected chi connectivity index (χ1v) is 21.1. The summed E-state index contributed by atoms with van der Waals surface area (Å²) in [6, 6.07) is 8.31. The third-order valence-corrected chi connectivity index (χ3v) is 10.4. The third-order valence-electron chi connectivity index (χ3n) is 9.64. The van der Waals surface area contributed by atoms with Crippen molar-refractivity contribution in [3.05, 3.63) is 90.1 Å². The first kappa shape index (κ1) is 49.1. The molecule has 0 bridgehead atoms. The summed E-state index contributed by atoms with van der Waals surface area (Å²) in [6.45, 7) is -0.380. The molecule has 0 saturated carbocycles. The number of rotatable bonds is 25. The number of thiol groups is 2. The van der Waals surface area contributed by atoms with Crippen LogP contribution in [-0.4, -0.2) is 128 Å². The SMILES string of the molecule is N=C(N)NCCC[C@H](NC(=O)[C@@H](Cc1ccccc1)NC(=O)[C@H](Cc1c[nH]cn1)NC(=O)CNC(=O)[C@@H](N)CS)C(=O)N[C@@H](Cc1c[nH]c2ccccc12)C(=O)N[C@@H](CS)C(=O)O. The van der Waals surface area contributed by atoms with Crippen molar-refractivity contribution in [1.29, 1.82) is 5.41 Å². The van der Waals surface area contributed by atoms with Crippen LogP contribution in [0.3, 0.4) is 0 Å². The zero-order valence-electron chi connectivity index (χ0n) is 34.1. The third kappa shape index (κ3) is 15.7. The Morgan fingerprint density at radius 3 is 1.94 bits per heavy atom. The molecule has 0 unspecified atom stereocenters. The van der Waals surface area contributed by atoms with Gasteiger partial charge in [-0.05, 0) is 30.0 Å². The number of nitrogens with two attached hydrogens (primary N) is 2. The molecule has 0 aliphatic heterocycles. The van der Waals surface area contributed by atoms with E-state index in [0.717, 1.165) is 10.9 Å². The fraction of sp³-hybridized carbons (Fsp3) is 0.375. The lowest BCUT2D eigenvalue weighted by atomic mass is 10.0. The quantitative estimate of drug-likeness (QED) is 0.0149. The van der Waals surface area contributed by atoms with Gasteiger partial charge in [0.2, 0.25) is 35.4 Å². The van der Waals surface area contributed by atoms with Crippen molar-refractivity contribution in [1.82, 2.24) is 52.2 Å². The van der Waals surface area contributed by atoms with Crippen LogP contribution in [0.2, 0.25) is 0 Å². The van der Waals surface area contributed by atoms with Gasteiger partial charge in [-0.2, -0.15) is 25.3 Å². The number of guanidine groups is 1. The molecule has 23 heteroatoms. The summed E-state index contributed by atoms with van der Waals surface area (Å²) in [6.07, 6.45) is 4.47. The molecule has 6 amide bonds. The van der Waals surface area contributed by atoms with Crippen molar-refractivity contribution >= 4 is 83.5 Å². The smallest absolute Gasteiger partial charge is 0.327 e. The molecule has 2 aromatic carbocycles. The van der Waals surface area contributed by atoms with Gasteiger partial charge in [0.25, 0.3) is 0 Å². The predicted molar refractivity (Wildman–Crippen MR) is 240 cm³/mol. The number of carbonyl (C=O) groups is 7. The molecule has 0 spiro atoms. The van der Waals surface area contributed by atoms with Gasteiger partial charge in [-0.1, -0.05) is 48.5 Å². The molecule has 2 aromatic heterocycles. The van der Waals surface area contributed by atoms with Gasteiger partial charge < -0.3 is 63.8 Å². The highest BCUT2D eigenvalue weighted by Gasteiger charge is 2.33. The molecule has 6 atom stereocenters. The summed E-state index contributed by atoms with van der Waals surface area (Å²) in [5.74, 6) is -6.45. The lowest BCUT2D eigenvalue weighted by Gasteiger charge is -2.27. The van der Waals surface area contributed by atoms with E-state index in [4.69, 9.17) is 16.9 Å². The zero-order chi connectivity index (χ0) is 45.9.